The van der Waals surface area contributed by atoms with Crippen molar-refractivity contribution in [2.45, 2.75) is 6.92 Å². The molecule has 0 bridgehead atoms. The Balaban J connectivity index is 2.26. The van der Waals surface area contributed by atoms with Crippen molar-refractivity contribution in [2.75, 3.05) is 20.8 Å². The van der Waals surface area contributed by atoms with Crippen molar-refractivity contribution < 1.29 is 23.9 Å². The van der Waals surface area contributed by atoms with Gasteiger partial charge in [0.2, 0.25) is 5.75 Å². The van der Waals surface area contributed by atoms with E-state index in [1.54, 1.807) is 18.2 Å². The molecule has 0 spiro atoms. The highest BCUT2D eigenvalue weighted by Gasteiger charge is 2.13. The zero-order valence-electron chi connectivity index (χ0n) is 14.7. The van der Waals surface area contributed by atoms with Crippen LogP contribution in [-0.4, -0.2) is 31.5 Å². The summed E-state index contributed by atoms with van der Waals surface area (Å²) in [6, 6.07) is 8.89. The third kappa shape index (κ3) is 4.38. The van der Waals surface area contributed by atoms with Crippen LogP contribution in [0.4, 0.5) is 5.69 Å². The third-order valence-corrected chi connectivity index (χ3v) is 3.56. The number of ether oxygens (including phenoxy) is 3. The van der Waals surface area contributed by atoms with Crippen molar-refractivity contribution >= 4 is 17.5 Å². The van der Waals surface area contributed by atoms with Gasteiger partial charge >= 0.3 is 0 Å². The van der Waals surface area contributed by atoms with Crippen LogP contribution in [0.2, 0.25) is 0 Å². The molecule has 26 heavy (non-hydrogen) atoms. The Morgan fingerprint density at radius 2 is 1.69 bits per heavy atom. The number of nitrogens with zero attached hydrogens (tertiary/aromatic N) is 1. The number of carbonyl (C=O) groups excluding carboxylic acids is 1. The highest BCUT2D eigenvalue weighted by molar-refractivity contribution is 6.06. The first-order chi connectivity index (χ1) is 12.5. The van der Waals surface area contributed by atoms with Gasteiger partial charge in [0, 0.05) is 17.7 Å². The first-order valence-electron chi connectivity index (χ1n) is 7.85. The van der Waals surface area contributed by atoms with Crippen molar-refractivity contribution in [1.82, 2.24) is 0 Å². The molecule has 0 radical (unpaired) electrons. The van der Waals surface area contributed by atoms with Crippen molar-refractivity contribution in [2.24, 2.45) is 0 Å². The number of non-ortho nitro benzene ring substituents is 1. The van der Waals surface area contributed by atoms with Crippen molar-refractivity contribution in [3.63, 3.8) is 0 Å². The Labute approximate surface area is 151 Å². The second-order valence-electron chi connectivity index (χ2n) is 5.19. The third-order valence-electron chi connectivity index (χ3n) is 3.56. The standard InChI is InChI=1S/C19H19NO6/c1-4-26-19-17(24-2)11-13(12-18(19)25-3)5-10-16(21)14-6-8-15(9-7-14)20(22)23/h5-12H,4H2,1-3H3/b10-5+. The summed E-state index contributed by atoms with van der Waals surface area (Å²) in [5.41, 5.74) is 0.987. The van der Waals surface area contributed by atoms with E-state index in [9.17, 15) is 14.9 Å². The fraction of sp³-hybridized carbons (Fsp3) is 0.211. The number of nitro benzene ring substituents is 1. The molecule has 2 aromatic rings. The first-order valence-corrected chi connectivity index (χ1v) is 7.85. The fourth-order valence-corrected chi connectivity index (χ4v) is 2.30. The molecule has 0 fully saturated rings. The molecule has 0 saturated heterocycles. The summed E-state index contributed by atoms with van der Waals surface area (Å²) in [6.07, 6.45) is 3.00. The van der Waals surface area contributed by atoms with Crippen LogP contribution >= 0.6 is 0 Å². The van der Waals surface area contributed by atoms with Gasteiger partial charge in [0.25, 0.3) is 5.69 Å². The summed E-state index contributed by atoms with van der Waals surface area (Å²) in [7, 11) is 3.04. The lowest BCUT2D eigenvalue weighted by molar-refractivity contribution is -0.384. The normalized spacial score (nSPS) is 10.6. The molecule has 136 valence electrons. The maximum atomic E-state index is 12.2. The molecular formula is C19H19NO6. The van der Waals surface area contributed by atoms with Gasteiger partial charge in [0.05, 0.1) is 25.7 Å². The molecular weight excluding hydrogens is 338 g/mol. The molecule has 7 nitrogen and oxygen atoms in total. The van der Waals surface area contributed by atoms with E-state index < -0.39 is 4.92 Å². The average molecular weight is 357 g/mol. The maximum Gasteiger partial charge on any atom is 0.269 e. The molecule has 0 aromatic heterocycles. The second-order valence-corrected chi connectivity index (χ2v) is 5.19. The molecule has 0 aliphatic rings. The number of methoxy groups -OCH3 is 2. The van der Waals surface area contributed by atoms with Gasteiger partial charge in [-0.2, -0.15) is 0 Å². The van der Waals surface area contributed by atoms with Gasteiger partial charge in [-0.3, -0.25) is 14.9 Å². The number of ketones is 1. The fourth-order valence-electron chi connectivity index (χ4n) is 2.30. The number of benzene rings is 2. The van der Waals surface area contributed by atoms with Gasteiger partial charge in [-0.25, -0.2) is 0 Å². The monoisotopic (exact) mass is 357 g/mol. The Kier molecular flexibility index (Phi) is 6.32. The van der Waals surface area contributed by atoms with Crippen molar-refractivity contribution in [3.05, 3.63) is 63.7 Å². The molecule has 0 saturated carbocycles. The molecule has 0 N–H and O–H groups in total. The van der Waals surface area contributed by atoms with Crippen LogP contribution < -0.4 is 14.2 Å². The van der Waals surface area contributed by atoms with Crippen LogP contribution in [0.25, 0.3) is 6.08 Å². The van der Waals surface area contributed by atoms with Crippen LogP contribution in [0.5, 0.6) is 17.2 Å². The predicted octanol–water partition coefficient (Wildman–Crippen LogP) is 3.91. The van der Waals surface area contributed by atoms with E-state index in [-0.39, 0.29) is 11.5 Å². The first kappa shape index (κ1) is 19.0. The number of rotatable bonds is 8. The van der Waals surface area contributed by atoms with E-state index in [1.165, 1.54) is 44.6 Å². The maximum absolute atomic E-state index is 12.2. The van der Waals surface area contributed by atoms with E-state index in [4.69, 9.17) is 14.2 Å². The van der Waals surface area contributed by atoms with Crippen molar-refractivity contribution in [3.8, 4) is 17.2 Å². The largest absolute Gasteiger partial charge is 0.493 e. The number of allylic oxidation sites excluding steroid dienone is 1. The van der Waals surface area contributed by atoms with E-state index >= 15 is 0 Å². The van der Waals surface area contributed by atoms with Gasteiger partial charge in [-0.15, -0.1) is 0 Å². The predicted molar refractivity (Wildman–Crippen MR) is 97.2 cm³/mol. The lowest BCUT2D eigenvalue weighted by Gasteiger charge is -2.14. The zero-order valence-corrected chi connectivity index (χ0v) is 14.7. The minimum Gasteiger partial charge on any atom is -0.493 e. The van der Waals surface area contributed by atoms with E-state index in [0.29, 0.717) is 35.0 Å². The molecule has 0 atom stereocenters. The minimum atomic E-state index is -0.511. The lowest BCUT2D eigenvalue weighted by atomic mass is 10.1. The molecule has 2 rings (SSSR count). The van der Waals surface area contributed by atoms with Crippen molar-refractivity contribution in [1.29, 1.82) is 0 Å². The van der Waals surface area contributed by atoms with Gasteiger partial charge < -0.3 is 14.2 Å². The lowest BCUT2D eigenvalue weighted by Crippen LogP contribution is -1.99. The molecule has 2 aromatic carbocycles. The van der Waals surface area contributed by atoms with Gasteiger partial charge in [-0.1, -0.05) is 6.08 Å². The van der Waals surface area contributed by atoms with E-state index in [1.807, 2.05) is 6.92 Å². The number of carbonyl (C=O) groups is 1. The topological polar surface area (TPSA) is 87.9 Å². The number of hydrogen-bond donors (Lipinski definition) is 0. The molecule has 0 aliphatic carbocycles. The molecule has 0 aliphatic heterocycles. The number of hydrogen-bond acceptors (Lipinski definition) is 6. The van der Waals surface area contributed by atoms with Gasteiger partial charge in [0.15, 0.2) is 17.3 Å². The van der Waals surface area contributed by atoms with Crippen LogP contribution in [0.3, 0.4) is 0 Å². The van der Waals surface area contributed by atoms with Crippen LogP contribution in [0.15, 0.2) is 42.5 Å². The molecule has 0 amide bonds. The molecule has 7 heteroatoms. The highest BCUT2D eigenvalue weighted by atomic mass is 16.6. The zero-order chi connectivity index (χ0) is 19.1. The summed E-state index contributed by atoms with van der Waals surface area (Å²) in [4.78, 5) is 22.4. The second kappa shape index (κ2) is 8.66. The Bertz CT molecular complexity index is 801. The highest BCUT2D eigenvalue weighted by Crippen LogP contribution is 2.38. The summed E-state index contributed by atoms with van der Waals surface area (Å²) in [6.45, 7) is 2.32. The van der Waals surface area contributed by atoms with Gasteiger partial charge in [0.1, 0.15) is 0 Å². The summed E-state index contributed by atoms with van der Waals surface area (Å²) in [5.74, 6) is 1.21. The molecule has 0 unspecified atom stereocenters. The van der Waals surface area contributed by atoms with E-state index in [2.05, 4.69) is 0 Å². The smallest absolute Gasteiger partial charge is 0.269 e. The average Bonchev–Trinajstić information content (AvgIpc) is 2.66. The van der Waals surface area contributed by atoms with Crippen LogP contribution in [0, 0.1) is 10.1 Å². The Hall–Kier alpha value is -3.35. The Morgan fingerprint density at radius 1 is 1.12 bits per heavy atom. The molecule has 0 heterocycles. The van der Waals surface area contributed by atoms with Crippen LogP contribution in [0.1, 0.15) is 22.8 Å². The summed E-state index contributed by atoms with van der Waals surface area (Å²) >= 11 is 0. The van der Waals surface area contributed by atoms with E-state index in [0.717, 1.165) is 0 Å². The minimum absolute atomic E-state index is 0.0634. The quantitative estimate of drug-likeness (QED) is 0.308. The SMILES string of the molecule is CCOc1c(OC)cc(/C=C/C(=O)c2ccc([N+](=O)[O-])cc2)cc1OC. The summed E-state index contributed by atoms with van der Waals surface area (Å²) < 4.78 is 16.2. The Morgan fingerprint density at radius 3 is 2.15 bits per heavy atom. The van der Waals surface area contributed by atoms with Gasteiger partial charge in [-0.05, 0) is 42.8 Å². The summed E-state index contributed by atoms with van der Waals surface area (Å²) in [5, 5.41) is 10.7. The number of nitro groups is 1. The van der Waals surface area contributed by atoms with Crippen LogP contribution in [-0.2, 0) is 0 Å².